The van der Waals surface area contributed by atoms with Crippen molar-refractivity contribution in [2.45, 2.75) is 56.2 Å². The number of morpholine rings is 1. The third-order valence-electron chi connectivity index (χ3n) is 8.86. The second kappa shape index (κ2) is 8.68. The topological polar surface area (TPSA) is 84.2 Å². The highest BCUT2D eigenvalue weighted by molar-refractivity contribution is 6.02. The summed E-state index contributed by atoms with van der Waals surface area (Å²) in [7, 11) is 0. The lowest BCUT2D eigenvalue weighted by atomic mass is 9.83. The molecule has 5 aromatic rings. The van der Waals surface area contributed by atoms with Gasteiger partial charge in [-0.05, 0) is 61.9 Å². The van der Waals surface area contributed by atoms with Crippen LogP contribution < -0.4 is 0 Å². The zero-order valence-electron chi connectivity index (χ0n) is 20.9. The van der Waals surface area contributed by atoms with Crippen LogP contribution in [0.25, 0.3) is 38.9 Å². The molecule has 0 amide bonds. The lowest BCUT2D eigenvalue weighted by Gasteiger charge is -2.39. The number of likely N-dealkylation sites (tertiary alicyclic amines) is 1. The quantitative estimate of drug-likeness (QED) is 0.368. The first-order valence-corrected chi connectivity index (χ1v) is 13.5. The summed E-state index contributed by atoms with van der Waals surface area (Å²) in [5, 5.41) is 12.8. The van der Waals surface area contributed by atoms with Crippen LogP contribution in [0.4, 0.5) is 4.39 Å². The van der Waals surface area contributed by atoms with Crippen LogP contribution in [0.15, 0.2) is 55.1 Å². The van der Waals surface area contributed by atoms with E-state index in [1.54, 1.807) is 18.6 Å². The molecule has 2 saturated heterocycles. The number of rotatable bonds is 4. The SMILES string of the molecule is Fc1ccc(-c2c(-c3ccncc3)nn3c(C4CCC(N5CC6CC5CO6)CC4)ccnc23)c2cn[nH]c12. The van der Waals surface area contributed by atoms with Crippen molar-refractivity contribution in [3.8, 4) is 22.4 Å². The maximum absolute atomic E-state index is 14.6. The van der Waals surface area contributed by atoms with Crippen molar-refractivity contribution < 1.29 is 9.13 Å². The first-order chi connectivity index (χ1) is 18.7. The summed E-state index contributed by atoms with van der Waals surface area (Å²) < 4.78 is 22.4. The Kier molecular flexibility index (Phi) is 5.09. The third kappa shape index (κ3) is 3.41. The number of aromatic nitrogens is 6. The van der Waals surface area contributed by atoms with Gasteiger partial charge in [0.25, 0.3) is 0 Å². The Hall–Kier alpha value is -3.69. The molecule has 1 aliphatic carbocycles. The Morgan fingerprint density at radius 3 is 2.63 bits per heavy atom. The summed E-state index contributed by atoms with van der Waals surface area (Å²) >= 11 is 0. The molecule has 8 rings (SSSR count). The zero-order chi connectivity index (χ0) is 25.2. The molecule has 6 heterocycles. The van der Waals surface area contributed by atoms with Gasteiger partial charge in [0.15, 0.2) is 5.65 Å². The van der Waals surface area contributed by atoms with Crippen LogP contribution in [0, 0.1) is 5.82 Å². The maximum atomic E-state index is 14.6. The van der Waals surface area contributed by atoms with Gasteiger partial charge >= 0.3 is 0 Å². The molecule has 3 fully saturated rings. The molecule has 4 aromatic heterocycles. The van der Waals surface area contributed by atoms with E-state index in [1.807, 2.05) is 28.9 Å². The Morgan fingerprint density at radius 2 is 1.84 bits per heavy atom. The van der Waals surface area contributed by atoms with Gasteiger partial charge in [-0.3, -0.25) is 15.0 Å². The van der Waals surface area contributed by atoms with Gasteiger partial charge in [0.05, 0.1) is 24.5 Å². The van der Waals surface area contributed by atoms with E-state index < -0.39 is 0 Å². The standard InChI is InChI=1S/C29H28FN7O/c30-24-6-5-22(23-14-33-34-28(23)24)26-27(18-7-10-31-11-8-18)35-37-25(9-12-32-29(26)37)17-1-3-19(4-2-17)36-15-21-13-20(36)16-38-21/h5-12,14,17,19-21H,1-4,13,15-16H2,(H,33,34). The van der Waals surface area contributed by atoms with Crippen molar-refractivity contribution in [1.29, 1.82) is 0 Å². The molecule has 2 atom stereocenters. The van der Waals surface area contributed by atoms with Gasteiger partial charge < -0.3 is 4.74 Å². The molecule has 3 aliphatic rings. The van der Waals surface area contributed by atoms with E-state index in [-0.39, 0.29) is 5.82 Å². The van der Waals surface area contributed by atoms with Gasteiger partial charge in [0, 0.05) is 59.8 Å². The monoisotopic (exact) mass is 509 g/mol. The summed E-state index contributed by atoms with van der Waals surface area (Å²) in [5.41, 5.74) is 5.85. The normalized spacial score (nSPS) is 25.6. The number of benzene rings is 1. The molecule has 9 heteroatoms. The summed E-state index contributed by atoms with van der Waals surface area (Å²) in [5.74, 6) is 0.0828. The second-order valence-electron chi connectivity index (χ2n) is 10.9. The van der Waals surface area contributed by atoms with E-state index in [2.05, 4.69) is 26.1 Å². The van der Waals surface area contributed by atoms with Crippen molar-refractivity contribution in [2.75, 3.05) is 13.2 Å². The summed E-state index contributed by atoms with van der Waals surface area (Å²) in [4.78, 5) is 11.7. The summed E-state index contributed by atoms with van der Waals surface area (Å²) in [6.45, 7) is 1.99. The van der Waals surface area contributed by atoms with Gasteiger partial charge in [0.1, 0.15) is 17.0 Å². The Balaban J connectivity index is 1.21. The fraction of sp³-hybridized carbons (Fsp3) is 0.379. The highest BCUT2D eigenvalue weighted by Gasteiger charge is 2.43. The molecule has 2 unspecified atom stereocenters. The van der Waals surface area contributed by atoms with Crippen molar-refractivity contribution in [3.05, 3.63) is 66.6 Å². The average molecular weight is 510 g/mol. The predicted octanol–water partition coefficient (Wildman–Crippen LogP) is 4.97. The molecule has 1 aromatic carbocycles. The molecule has 2 aliphatic heterocycles. The predicted molar refractivity (Wildman–Crippen MR) is 141 cm³/mol. The minimum absolute atomic E-state index is 0.327. The van der Waals surface area contributed by atoms with E-state index in [4.69, 9.17) is 14.8 Å². The van der Waals surface area contributed by atoms with Crippen molar-refractivity contribution >= 4 is 16.6 Å². The number of H-pyrrole nitrogens is 1. The molecule has 0 spiro atoms. The van der Waals surface area contributed by atoms with Crippen molar-refractivity contribution in [1.82, 2.24) is 34.7 Å². The first kappa shape index (κ1) is 22.3. The lowest BCUT2D eigenvalue weighted by molar-refractivity contribution is 0.00262. The van der Waals surface area contributed by atoms with Crippen LogP contribution in [0.2, 0.25) is 0 Å². The Bertz CT molecular complexity index is 1640. The smallest absolute Gasteiger partial charge is 0.163 e. The van der Waals surface area contributed by atoms with Crippen molar-refractivity contribution in [2.24, 2.45) is 0 Å². The molecular weight excluding hydrogens is 481 g/mol. The van der Waals surface area contributed by atoms with E-state index >= 15 is 0 Å². The molecule has 192 valence electrons. The number of fused-ring (bicyclic) bond motifs is 4. The van der Waals surface area contributed by atoms with Crippen LogP contribution in [-0.4, -0.2) is 66.0 Å². The molecular formula is C29H28FN7O. The zero-order valence-corrected chi connectivity index (χ0v) is 20.9. The van der Waals surface area contributed by atoms with Gasteiger partial charge in [-0.25, -0.2) is 13.9 Å². The molecule has 8 nitrogen and oxygen atoms in total. The first-order valence-electron chi connectivity index (χ1n) is 13.5. The largest absolute Gasteiger partial charge is 0.375 e. The number of nitrogens with one attached hydrogen (secondary N) is 1. The van der Waals surface area contributed by atoms with Crippen molar-refractivity contribution in [3.63, 3.8) is 0 Å². The number of hydrogen-bond donors (Lipinski definition) is 1. The fourth-order valence-electron chi connectivity index (χ4n) is 7.03. The van der Waals surface area contributed by atoms with Gasteiger partial charge in [-0.15, -0.1) is 0 Å². The Morgan fingerprint density at radius 1 is 0.974 bits per heavy atom. The molecule has 0 radical (unpaired) electrons. The van der Waals surface area contributed by atoms with Crippen LogP contribution >= 0.6 is 0 Å². The third-order valence-corrected chi connectivity index (χ3v) is 8.86. The molecule has 38 heavy (non-hydrogen) atoms. The van der Waals surface area contributed by atoms with Crippen LogP contribution in [-0.2, 0) is 4.74 Å². The number of halogens is 1. The van der Waals surface area contributed by atoms with E-state index in [0.717, 1.165) is 54.0 Å². The number of ether oxygens (including phenoxy) is 1. The second-order valence-corrected chi connectivity index (χ2v) is 10.9. The minimum Gasteiger partial charge on any atom is -0.375 e. The highest BCUT2D eigenvalue weighted by Crippen LogP contribution is 2.42. The number of nitrogens with zero attached hydrogens (tertiary/aromatic N) is 6. The fourth-order valence-corrected chi connectivity index (χ4v) is 7.03. The van der Waals surface area contributed by atoms with Gasteiger partial charge in [0.2, 0.25) is 0 Å². The lowest BCUT2D eigenvalue weighted by Crippen LogP contribution is -2.45. The van der Waals surface area contributed by atoms with Gasteiger partial charge in [-0.1, -0.05) is 6.07 Å². The van der Waals surface area contributed by atoms with E-state index in [1.165, 1.54) is 31.0 Å². The average Bonchev–Trinajstić information content (AvgIpc) is 3.77. The molecule has 1 saturated carbocycles. The van der Waals surface area contributed by atoms with Crippen LogP contribution in [0.5, 0.6) is 0 Å². The van der Waals surface area contributed by atoms with Crippen LogP contribution in [0.3, 0.4) is 0 Å². The molecule has 2 bridgehead atoms. The van der Waals surface area contributed by atoms with E-state index in [9.17, 15) is 4.39 Å². The Labute approximate surface area is 218 Å². The summed E-state index contributed by atoms with van der Waals surface area (Å²) in [6, 6.07) is 10.6. The number of aromatic amines is 1. The van der Waals surface area contributed by atoms with Crippen LogP contribution in [0.1, 0.15) is 43.7 Å². The number of pyridine rings is 1. The summed E-state index contributed by atoms with van der Waals surface area (Å²) in [6.07, 6.45) is 13.4. The maximum Gasteiger partial charge on any atom is 0.163 e. The van der Waals surface area contributed by atoms with E-state index in [0.29, 0.717) is 35.0 Å². The highest BCUT2D eigenvalue weighted by atomic mass is 19.1. The minimum atomic E-state index is -0.327. The van der Waals surface area contributed by atoms with Gasteiger partial charge in [-0.2, -0.15) is 10.2 Å². The molecule has 1 N–H and O–H groups in total. The number of hydrogen-bond acceptors (Lipinski definition) is 6.